The highest BCUT2D eigenvalue weighted by atomic mass is 32.1. The summed E-state index contributed by atoms with van der Waals surface area (Å²) in [5, 5.41) is 12.1. The summed E-state index contributed by atoms with van der Waals surface area (Å²) in [6, 6.07) is 17.9. The maximum Gasteiger partial charge on any atom is 0.245 e. The third-order valence-corrected chi connectivity index (χ3v) is 5.68. The second-order valence-corrected chi connectivity index (χ2v) is 7.89. The predicted molar refractivity (Wildman–Crippen MR) is 109 cm³/mol. The van der Waals surface area contributed by atoms with Crippen LogP contribution in [0.15, 0.2) is 54.6 Å². The molecule has 6 nitrogen and oxygen atoms in total. The summed E-state index contributed by atoms with van der Waals surface area (Å²) in [6.45, 7) is 2.61. The molecule has 142 valence electrons. The van der Waals surface area contributed by atoms with E-state index in [2.05, 4.69) is 15.5 Å². The number of carbonyl (C=O) groups is 2. The second-order valence-electron chi connectivity index (χ2n) is 6.91. The molecule has 2 amide bonds. The average Bonchev–Trinajstić information content (AvgIpc) is 3.30. The van der Waals surface area contributed by atoms with E-state index in [1.165, 1.54) is 16.9 Å². The Balaban J connectivity index is 1.36. The Morgan fingerprint density at radius 2 is 1.89 bits per heavy atom. The molecule has 1 aliphatic heterocycles. The van der Waals surface area contributed by atoms with Gasteiger partial charge in [0.2, 0.25) is 16.9 Å². The first-order valence-electron chi connectivity index (χ1n) is 9.11. The van der Waals surface area contributed by atoms with Crippen molar-refractivity contribution >= 4 is 28.3 Å². The topological polar surface area (TPSA) is 75.2 Å². The van der Waals surface area contributed by atoms with Gasteiger partial charge in [-0.25, -0.2) is 0 Å². The Morgan fingerprint density at radius 3 is 2.64 bits per heavy atom. The summed E-state index contributed by atoms with van der Waals surface area (Å²) in [5.74, 6) is -0.119. The van der Waals surface area contributed by atoms with E-state index in [1.54, 1.807) is 4.90 Å². The number of amides is 2. The Morgan fingerprint density at radius 1 is 1.14 bits per heavy atom. The number of nitrogens with zero attached hydrogens (tertiary/aromatic N) is 3. The zero-order valence-corrected chi connectivity index (χ0v) is 16.3. The lowest BCUT2D eigenvalue weighted by atomic mass is 9.99. The first-order valence-corrected chi connectivity index (χ1v) is 9.93. The van der Waals surface area contributed by atoms with E-state index in [-0.39, 0.29) is 24.3 Å². The standard InChI is InChI=1S/C21H20N4O2S/c1-14-7-9-16(10-8-14)20-23-24-21(28-20)22-18(26)13-25-12-17(11-19(25)27)15-5-3-2-4-6-15/h2-10,17H,11-13H2,1H3,(H,22,24,26). The smallest absolute Gasteiger partial charge is 0.245 e. The highest BCUT2D eigenvalue weighted by Crippen LogP contribution is 2.29. The van der Waals surface area contributed by atoms with Crippen molar-refractivity contribution in [3.8, 4) is 10.6 Å². The summed E-state index contributed by atoms with van der Waals surface area (Å²) < 4.78 is 0. The van der Waals surface area contributed by atoms with Crippen LogP contribution in [0.1, 0.15) is 23.5 Å². The molecule has 4 rings (SSSR count). The van der Waals surface area contributed by atoms with E-state index >= 15 is 0 Å². The van der Waals surface area contributed by atoms with Gasteiger partial charge in [-0.2, -0.15) is 0 Å². The van der Waals surface area contributed by atoms with Crippen molar-refractivity contribution in [2.75, 3.05) is 18.4 Å². The van der Waals surface area contributed by atoms with Crippen molar-refractivity contribution in [3.63, 3.8) is 0 Å². The summed E-state index contributed by atoms with van der Waals surface area (Å²) in [6.07, 6.45) is 0.438. The fraction of sp³-hybridized carbons (Fsp3) is 0.238. The molecule has 1 unspecified atom stereocenters. The molecule has 1 fully saturated rings. The number of benzene rings is 2. The molecule has 1 aliphatic rings. The number of hydrogen-bond acceptors (Lipinski definition) is 5. The van der Waals surface area contributed by atoms with Crippen LogP contribution < -0.4 is 5.32 Å². The van der Waals surface area contributed by atoms with Crippen LogP contribution in [0.3, 0.4) is 0 Å². The zero-order valence-electron chi connectivity index (χ0n) is 15.5. The molecule has 0 bridgehead atoms. The SMILES string of the molecule is Cc1ccc(-c2nnc(NC(=O)CN3CC(c4ccccc4)CC3=O)s2)cc1. The first kappa shape index (κ1) is 18.3. The molecular formula is C21H20N4O2S. The first-order chi connectivity index (χ1) is 13.6. The normalized spacial score (nSPS) is 16.4. The van der Waals surface area contributed by atoms with E-state index in [0.29, 0.717) is 18.1 Å². The van der Waals surface area contributed by atoms with Crippen LogP contribution in [0.25, 0.3) is 10.6 Å². The van der Waals surface area contributed by atoms with Crippen molar-refractivity contribution in [2.45, 2.75) is 19.3 Å². The highest BCUT2D eigenvalue weighted by molar-refractivity contribution is 7.18. The third kappa shape index (κ3) is 4.09. The van der Waals surface area contributed by atoms with E-state index in [4.69, 9.17) is 0 Å². The number of rotatable bonds is 5. The number of carbonyl (C=O) groups excluding carboxylic acids is 2. The van der Waals surface area contributed by atoms with Gasteiger partial charge in [-0.15, -0.1) is 10.2 Å². The number of likely N-dealkylation sites (tertiary alicyclic amines) is 1. The van der Waals surface area contributed by atoms with Gasteiger partial charge < -0.3 is 4.90 Å². The average molecular weight is 392 g/mol. The van der Waals surface area contributed by atoms with Crippen molar-refractivity contribution in [1.29, 1.82) is 0 Å². The monoisotopic (exact) mass is 392 g/mol. The maximum absolute atomic E-state index is 12.4. The molecule has 1 N–H and O–H groups in total. The van der Waals surface area contributed by atoms with Crippen LogP contribution >= 0.6 is 11.3 Å². The predicted octanol–water partition coefficient (Wildman–Crippen LogP) is 3.47. The number of aryl methyl sites for hydroxylation is 1. The van der Waals surface area contributed by atoms with Crippen LogP contribution in [-0.4, -0.2) is 40.0 Å². The van der Waals surface area contributed by atoms with E-state index in [1.807, 2.05) is 61.5 Å². The van der Waals surface area contributed by atoms with Gasteiger partial charge in [0.25, 0.3) is 0 Å². The third-order valence-electron chi connectivity index (χ3n) is 4.79. The molecule has 0 radical (unpaired) electrons. The Bertz CT molecular complexity index is 985. The minimum Gasteiger partial charge on any atom is -0.333 e. The molecule has 2 aromatic carbocycles. The van der Waals surface area contributed by atoms with Gasteiger partial charge in [-0.05, 0) is 12.5 Å². The Labute approximate surface area is 167 Å². The van der Waals surface area contributed by atoms with Crippen LogP contribution in [0.5, 0.6) is 0 Å². The molecule has 0 aliphatic carbocycles. The molecule has 0 saturated carbocycles. The van der Waals surface area contributed by atoms with Crippen LogP contribution in [0.2, 0.25) is 0 Å². The second kappa shape index (κ2) is 7.90. The number of hydrogen-bond donors (Lipinski definition) is 1. The lowest BCUT2D eigenvalue weighted by Gasteiger charge is -2.15. The van der Waals surface area contributed by atoms with Crippen molar-refractivity contribution in [1.82, 2.24) is 15.1 Å². The summed E-state index contributed by atoms with van der Waals surface area (Å²) in [4.78, 5) is 26.3. The summed E-state index contributed by atoms with van der Waals surface area (Å²) in [5.41, 5.74) is 3.26. The molecule has 28 heavy (non-hydrogen) atoms. The minimum absolute atomic E-state index is 0.00149. The Kier molecular flexibility index (Phi) is 5.16. The van der Waals surface area contributed by atoms with Gasteiger partial charge in [0, 0.05) is 24.4 Å². The van der Waals surface area contributed by atoms with E-state index in [9.17, 15) is 9.59 Å². The lowest BCUT2D eigenvalue weighted by Crippen LogP contribution is -2.34. The summed E-state index contributed by atoms with van der Waals surface area (Å²) >= 11 is 1.32. The zero-order chi connectivity index (χ0) is 19.5. The van der Waals surface area contributed by atoms with E-state index < -0.39 is 0 Å². The van der Waals surface area contributed by atoms with Crippen LogP contribution in [0, 0.1) is 6.92 Å². The van der Waals surface area contributed by atoms with Crippen LogP contribution in [0.4, 0.5) is 5.13 Å². The molecule has 1 atom stereocenters. The molecule has 1 saturated heterocycles. The van der Waals surface area contributed by atoms with E-state index in [0.717, 1.165) is 16.1 Å². The maximum atomic E-state index is 12.4. The van der Waals surface area contributed by atoms with Gasteiger partial charge in [0.1, 0.15) is 5.01 Å². The Hall–Kier alpha value is -3.06. The van der Waals surface area contributed by atoms with Gasteiger partial charge in [-0.3, -0.25) is 14.9 Å². The van der Waals surface area contributed by atoms with Crippen molar-refractivity contribution in [3.05, 3.63) is 65.7 Å². The molecule has 7 heteroatoms. The lowest BCUT2D eigenvalue weighted by molar-refractivity contribution is -0.131. The highest BCUT2D eigenvalue weighted by Gasteiger charge is 2.31. The fourth-order valence-electron chi connectivity index (χ4n) is 3.29. The molecule has 0 spiro atoms. The minimum atomic E-state index is -0.256. The largest absolute Gasteiger partial charge is 0.333 e. The summed E-state index contributed by atoms with van der Waals surface area (Å²) in [7, 11) is 0. The van der Waals surface area contributed by atoms with Gasteiger partial charge in [0.15, 0.2) is 0 Å². The molecular weight excluding hydrogens is 372 g/mol. The quantitative estimate of drug-likeness (QED) is 0.721. The van der Waals surface area contributed by atoms with Gasteiger partial charge >= 0.3 is 0 Å². The molecule has 3 aromatic rings. The number of anilines is 1. The van der Waals surface area contributed by atoms with Gasteiger partial charge in [0.05, 0.1) is 6.54 Å². The van der Waals surface area contributed by atoms with Crippen LogP contribution in [-0.2, 0) is 9.59 Å². The molecule has 2 heterocycles. The number of aromatic nitrogens is 2. The molecule has 1 aromatic heterocycles. The van der Waals surface area contributed by atoms with Crippen molar-refractivity contribution in [2.24, 2.45) is 0 Å². The number of nitrogens with one attached hydrogen (secondary N) is 1. The fourth-order valence-corrected chi connectivity index (χ4v) is 4.06. The van der Waals surface area contributed by atoms with Gasteiger partial charge in [-0.1, -0.05) is 71.5 Å². The van der Waals surface area contributed by atoms with Crippen molar-refractivity contribution < 1.29 is 9.59 Å².